The van der Waals surface area contributed by atoms with Crippen molar-refractivity contribution in [1.82, 2.24) is 19.9 Å². The number of aromatic nitrogens is 4. The van der Waals surface area contributed by atoms with Crippen molar-refractivity contribution < 1.29 is 26.8 Å². The van der Waals surface area contributed by atoms with Gasteiger partial charge in [-0.25, -0.2) is 4.39 Å². The summed E-state index contributed by atoms with van der Waals surface area (Å²) in [5.74, 6) is -1.83. The summed E-state index contributed by atoms with van der Waals surface area (Å²) in [7, 11) is 0. The van der Waals surface area contributed by atoms with Crippen LogP contribution in [0.5, 0.6) is 0 Å². The molecule has 144 valence electrons. The van der Waals surface area contributed by atoms with Gasteiger partial charge in [-0.05, 0) is 31.4 Å². The van der Waals surface area contributed by atoms with Crippen LogP contribution in [0.25, 0.3) is 5.57 Å². The third-order valence-corrected chi connectivity index (χ3v) is 3.81. The molecule has 0 amide bonds. The molecule has 0 aliphatic heterocycles. The monoisotopic (exact) mass is 387 g/mol. The zero-order chi connectivity index (χ0) is 22.1. The maximum atomic E-state index is 14.4. The first-order valence-corrected chi connectivity index (χ1v) is 7.84. The molecule has 0 bridgehead atoms. The van der Waals surface area contributed by atoms with E-state index in [1.54, 1.807) is 0 Å². The summed E-state index contributed by atoms with van der Waals surface area (Å²) in [6, 6.07) is 1.93. The third-order valence-electron chi connectivity index (χ3n) is 3.81. The van der Waals surface area contributed by atoms with Crippen LogP contribution in [0.3, 0.4) is 0 Å². The molecule has 27 heavy (non-hydrogen) atoms. The third kappa shape index (κ3) is 4.30. The van der Waals surface area contributed by atoms with Gasteiger partial charge in [0.2, 0.25) is 11.9 Å². The summed E-state index contributed by atoms with van der Waals surface area (Å²) in [5.41, 5.74) is -1.27. The summed E-state index contributed by atoms with van der Waals surface area (Å²) in [6.45, 7) is -2.69. The quantitative estimate of drug-likeness (QED) is 0.693. The lowest BCUT2D eigenvalue weighted by atomic mass is 9.96. The molecule has 1 atom stereocenters. The number of hydrogen-bond donors (Lipinski definition) is 3. The van der Waals surface area contributed by atoms with Crippen molar-refractivity contribution in [2.24, 2.45) is 0 Å². The topological polar surface area (TPSA) is 95.9 Å². The minimum absolute atomic E-state index is 0.0292. The molecule has 11 heteroatoms. The molecule has 0 saturated heterocycles. The van der Waals surface area contributed by atoms with Gasteiger partial charge in [-0.3, -0.25) is 4.98 Å². The van der Waals surface area contributed by atoms with Crippen molar-refractivity contribution in [3.8, 4) is 0 Å². The minimum atomic E-state index is -4.68. The molecule has 0 fully saturated rings. The summed E-state index contributed by atoms with van der Waals surface area (Å²) in [6.07, 6.45) is -4.25. The van der Waals surface area contributed by atoms with E-state index in [2.05, 4.69) is 25.3 Å². The molecule has 2 aromatic rings. The number of nitrogens with zero attached hydrogens (tertiary/aromatic N) is 4. The highest BCUT2D eigenvalue weighted by Crippen LogP contribution is 2.33. The van der Waals surface area contributed by atoms with Gasteiger partial charge in [0, 0.05) is 28.5 Å². The van der Waals surface area contributed by atoms with E-state index in [0.29, 0.717) is 12.5 Å². The Bertz CT molecular complexity index is 967. The van der Waals surface area contributed by atoms with Crippen molar-refractivity contribution >= 4 is 23.2 Å². The SMILES string of the molecule is [2H]C([2H])([2H])Nc1nc(Nc2ccnc(C(F)(F)F)c2)nc(C2=C(F)C(O)CCC2)n1. The van der Waals surface area contributed by atoms with Gasteiger partial charge >= 0.3 is 6.18 Å². The molecule has 1 aliphatic rings. The van der Waals surface area contributed by atoms with E-state index in [0.717, 1.165) is 6.20 Å². The predicted octanol–water partition coefficient (Wildman–Crippen LogP) is 3.30. The lowest BCUT2D eigenvalue weighted by Gasteiger charge is -2.19. The van der Waals surface area contributed by atoms with Crippen molar-refractivity contribution in [2.75, 3.05) is 17.6 Å². The van der Waals surface area contributed by atoms with E-state index in [-0.39, 0.29) is 35.9 Å². The number of alkyl halides is 3. The Kier molecular flexibility index (Phi) is 4.20. The lowest BCUT2D eigenvalue weighted by Crippen LogP contribution is -2.16. The van der Waals surface area contributed by atoms with Crippen molar-refractivity contribution in [2.45, 2.75) is 31.5 Å². The van der Waals surface area contributed by atoms with Crippen molar-refractivity contribution in [3.63, 3.8) is 0 Å². The molecule has 2 heterocycles. The van der Waals surface area contributed by atoms with Crippen LogP contribution >= 0.6 is 0 Å². The molecule has 1 aliphatic carbocycles. The van der Waals surface area contributed by atoms with Crippen LogP contribution in [0.4, 0.5) is 35.1 Å². The van der Waals surface area contributed by atoms with E-state index < -0.39 is 36.7 Å². The average molecular weight is 387 g/mol. The first kappa shape index (κ1) is 15.3. The largest absolute Gasteiger partial charge is 0.433 e. The Balaban J connectivity index is 2.02. The second kappa shape index (κ2) is 7.43. The average Bonchev–Trinajstić information content (AvgIpc) is 2.62. The standard InChI is InChI=1S/C16H16F4N6O/c1-21-14-24-13(9-3-2-4-10(27)12(9)17)25-15(26-14)23-8-5-6-22-11(7-8)16(18,19)20/h5-7,10,27H,2-4H2,1H3,(H2,21,22,23,24,25,26)/i1D3. The van der Waals surface area contributed by atoms with Crippen LogP contribution < -0.4 is 10.6 Å². The number of allylic oxidation sites excluding steroid dienone is 1. The Morgan fingerprint density at radius 3 is 2.78 bits per heavy atom. The van der Waals surface area contributed by atoms with Crippen molar-refractivity contribution in [3.05, 3.63) is 35.7 Å². The minimum Gasteiger partial charge on any atom is -0.386 e. The molecule has 0 radical (unpaired) electrons. The van der Waals surface area contributed by atoms with Crippen molar-refractivity contribution in [1.29, 1.82) is 0 Å². The van der Waals surface area contributed by atoms with E-state index >= 15 is 0 Å². The molecule has 2 aromatic heterocycles. The zero-order valence-electron chi connectivity index (χ0n) is 16.7. The smallest absolute Gasteiger partial charge is 0.386 e. The second-order valence-electron chi connectivity index (χ2n) is 5.72. The van der Waals surface area contributed by atoms with Crippen LogP contribution in [-0.4, -0.2) is 38.1 Å². The van der Waals surface area contributed by atoms with E-state index in [1.807, 2.05) is 5.32 Å². The Morgan fingerprint density at radius 2 is 2.04 bits per heavy atom. The Morgan fingerprint density at radius 1 is 1.26 bits per heavy atom. The fraction of sp³-hybridized carbons (Fsp3) is 0.375. The molecule has 3 rings (SSSR count). The lowest BCUT2D eigenvalue weighted by molar-refractivity contribution is -0.141. The molecule has 7 nitrogen and oxygen atoms in total. The van der Waals surface area contributed by atoms with Gasteiger partial charge in [0.1, 0.15) is 17.6 Å². The number of aliphatic hydroxyl groups excluding tert-OH is 1. The van der Waals surface area contributed by atoms with Gasteiger partial charge in [0.25, 0.3) is 0 Å². The summed E-state index contributed by atoms with van der Waals surface area (Å²) in [5, 5.41) is 14.3. The first-order chi connectivity index (χ1) is 13.9. The fourth-order valence-electron chi connectivity index (χ4n) is 2.55. The highest BCUT2D eigenvalue weighted by atomic mass is 19.4. The molecule has 0 saturated carbocycles. The highest BCUT2D eigenvalue weighted by molar-refractivity contribution is 5.66. The van der Waals surface area contributed by atoms with Gasteiger partial charge in [-0.15, -0.1) is 0 Å². The number of rotatable bonds is 4. The van der Waals surface area contributed by atoms with Crippen LogP contribution in [0.2, 0.25) is 0 Å². The second-order valence-corrected chi connectivity index (χ2v) is 5.72. The highest BCUT2D eigenvalue weighted by Gasteiger charge is 2.32. The maximum absolute atomic E-state index is 14.4. The van der Waals surface area contributed by atoms with Crippen LogP contribution in [0.15, 0.2) is 24.2 Å². The summed E-state index contributed by atoms with van der Waals surface area (Å²) >= 11 is 0. The normalized spacial score (nSPS) is 19.9. The number of anilines is 3. The Labute approximate surface area is 155 Å². The van der Waals surface area contributed by atoms with Gasteiger partial charge in [0.15, 0.2) is 5.82 Å². The molecule has 0 spiro atoms. The molecule has 0 aromatic carbocycles. The van der Waals surface area contributed by atoms with Gasteiger partial charge < -0.3 is 15.7 Å². The predicted molar refractivity (Wildman–Crippen MR) is 89.8 cm³/mol. The van der Waals surface area contributed by atoms with E-state index in [4.69, 9.17) is 4.11 Å². The van der Waals surface area contributed by atoms with Crippen LogP contribution in [0.1, 0.15) is 34.9 Å². The van der Waals surface area contributed by atoms with Gasteiger partial charge in [0.05, 0.1) is 0 Å². The van der Waals surface area contributed by atoms with Gasteiger partial charge in [-0.2, -0.15) is 28.1 Å². The number of hydrogen-bond acceptors (Lipinski definition) is 7. The summed E-state index contributed by atoms with van der Waals surface area (Å²) < 4.78 is 74.8. The number of halogens is 4. The molecular formula is C16H16F4N6O. The van der Waals surface area contributed by atoms with E-state index in [1.165, 1.54) is 6.07 Å². The van der Waals surface area contributed by atoms with Gasteiger partial charge in [-0.1, -0.05) is 0 Å². The number of aliphatic hydroxyl groups is 1. The summed E-state index contributed by atoms with van der Waals surface area (Å²) in [4.78, 5) is 15.0. The van der Waals surface area contributed by atoms with Crippen LogP contribution in [0, 0.1) is 0 Å². The number of pyridine rings is 1. The van der Waals surface area contributed by atoms with E-state index in [9.17, 15) is 22.7 Å². The number of nitrogens with one attached hydrogen (secondary N) is 2. The molecule has 1 unspecified atom stereocenters. The molecule has 3 N–H and O–H groups in total. The van der Waals surface area contributed by atoms with Crippen LogP contribution in [-0.2, 0) is 6.18 Å². The molecular weight excluding hydrogens is 368 g/mol. The maximum Gasteiger partial charge on any atom is 0.433 e. The zero-order valence-corrected chi connectivity index (χ0v) is 13.7. The fourth-order valence-corrected chi connectivity index (χ4v) is 2.55. The Hall–Kier alpha value is -2.82. The first-order valence-electron chi connectivity index (χ1n) is 9.34.